The van der Waals surface area contributed by atoms with E-state index in [1.807, 2.05) is 23.1 Å². The summed E-state index contributed by atoms with van der Waals surface area (Å²) in [7, 11) is 0. The molecular weight excluding hydrogens is 220 g/mol. The van der Waals surface area contributed by atoms with Gasteiger partial charge in [-0.1, -0.05) is 30.4 Å². The molecule has 0 bridgehead atoms. The number of carbonyl (C=O) groups excluding carboxylic acids is 1. The van der Waals surface area contributed by atoms with Crippen LogP contribution in [0.25, 0.3) is 0 Å². The third-order valence-electron chi connectivity index (χ3n) is 2.77. The average Bonchev–Trinajstić information content (AvgIpc) is 2.69. The molecule has 0 atom stereocenters. The van der Waals surface area contributed by atoms with Crippen LogP contribution in [-0.4, -0.2) is 17.4 Å². The second kappa shape index (κ2) is 4.61. The van der Waals surface area contributed by atoms with Crippen LogP contribution in [0.5, 0.6) is 0 Å². The van der Waals surface area contributed by atoms with E-state index >= 15 is 0 Å². The van der Waals surface area contributed by atoms with Crippen molar-refractivity contribution < 1.29 is 4.79 Å². The molecule has 0 radical (unpaired) electrons. The van der Waals surface area contributed by atoms with Crippen molar-refractivity contribution >= 4 is 28.8 Å². The summed E-state index contributed by atoms with van der Waals surface area (Å²) in [4.78, 5) is 14.2. The first-order valence-corrected chi connectivity index (χ1v) is 5.76. The number of benzene rings is 1. The Balaban J connectivity index is 2.07. The summed E-state index contributed by atoms with van der Waals surface area (Å²) < 4.78 is 0. The molecule has 0 saturated heterocycles. The van der Waals surface area contributed by atoms with E-state index in [1.54, 1.807) is 0 Å². The number of amides is 1. The number of nitrogens with zero attached hydrogens (tertiary/aromatic N) is 1. The van der Waals surface area contributed by atoms with Crippen LogP contribution in [0.15, 0.2) is 24.3 Å². The second-order valence-corrected chi connectivity index (χ2v) is 4.41. The molecule has 0 aliphatic carbocycles. The van der Waals surface area contributed by atoms with Crippen LogP contribution in [0.2, 0.25) is 0 Å². The number of carbonyl (C=O) groups is 1. The molecule has 0 aromatic heterocycles. The summed E-state index contributed by atoms with van der Waals surface area (Å²) in [5.74, 6) is 0.109. The van der Waals surface area contributed by atoms with Crippen LogP contribution in [0, 0.1) is 0 Å². The second-order valence-electron chi connectivity index (χ2n) is 3.89. The zero-order valence-corrected chi connectivity index (χ0v) is 9.80. The third-order valence-corrected chi connectivity index (χ3v) is 2.98. The third kappa shape index (κ3) is 2.22. The number of anilines is 1. The maximum atomic E-state index is 11.9. The van der Waals surface area contributed by atoms with Gasteiger partial charge in [0.15, 0.2) is 0 Å². The molecule has 84 valence electrons. The summed E-state index contributed by atoms with van der Waals surface area (Å²) >= 11 is 4.77. The summed E-state index contributed by atoms with van der Waals surface area (Å²) in [5, 5.41) is 0. The molecule has 1 aliphatic rings. The highest BCUT2D eigenvalue weighted by Crippen LogP contribution is 2.27. The van der Waals surface area contributed by atoms with E-state index in [4.69, 9.17) is 18.0 Å². The van der Waals surface area contributed by atoms with E-state index in [9.17, 15) is 4.79 Å². The van der Waals surface area contributed by atoms with E-state index in [0.717, 1.165) is 18.7 Å². The van der Waals surface area contributed by atoms with Gasteiger partial charge in [0.1, 0.15) is 0 Å². The van der Waals surface area contributed by atoms with Gasteiger partial charge >= 0.3 is 0 Å². The zero-order valence-electron chi connectivity index (χ0n) is 8.98. The Morgan fingerprint density at radius 1 is 1.38 bits per heavy atom. The fourth-order valence-electron chi connectivity index (χ4n) is 1.96. The minimum atomic E-state index is 0.109. The molecular formula is C12H14N2OS. The molecule has 1 heterocycles. The Morgan fingerprint density at radius 3 is 2.88 bits per heavy atom. The number of fused-ring (bicyclic) bond motifs is 1. The summed E-state index contributed by atoms with van der Waals surface area (Å²) in [6.45, 7) is 0.773. The quantitative estimate of drug-likeness (QED) is 0.809. The van der Waals surface area contributed by atoms with Crippen LogP contribution in [0.3, 0.4) is 0 Å². The van der Waals surface area contributed by atoms with Gasteiger partial charge in [0.05, 0.1) is 4.99 Å². The largest absolute Gasteiger partial charge is 0.393 e. The standard InChI is InChI=1S/C12H14N2OS/c13-11(16)5-6-12(15)14-8-7-9-3-1-2-4-10(9)14/h1-4H,5-8H2,(H2,13,16). The van der Waals surface area contributed by atoms with Crippen molar-refractivity contribution in [3.8, 4) is 0 Å². The lowest BCUT2D eigenvalue weighted by Gasteiger charge is -2.16. The van der Waals surface area contributed by atoms with E-state index in [2.05, 4.69) is 6.07 Å². The van der Waals surface area contributed by atoms with Gasteiger partial charge < -0.3 is 10.6 Å². The van der Waals surface area contributed by atoms with Crippen LogP contribution < -0.4 is 10.6 Å². The number of thiocarbonyl (C=S) groups is 1. The predicted octanol–water partition coefficient (Wildman–Crippen LogP) is 1.64. The van der Waals surface area contributed by atoms with Crippen molar-refractivity contribution in [1.82, 2.24) is 0 Å². The van der Waals surface area contributed by atoms with E-state index in [0.29, 0.717) is 17.8 Å². The maximum Gasteiger partial charge on any atom is 0.227 e. The zero-order chi connectivity index (χ0) is 11.5. The van der Waals surface area contributed by atoms with Crippen LogP contribution in [0.4, 0.5) is 5.69 Å². The van der Waals surface area contributed by atoms with Crippen LogP contribution >= 0.6 is 12.2 Å². The van der Waals surface area contributed by atoms with Gasteiger partial charge in [-0.15, -0.1) is 0 Å². The minimum Gasteiger partial charge on any atom is -0.393 e. The van der Waals surface area contributed by atoms with Crippen molar-refractivity contribution in [2.24, 2.45) is 5.73 Å². The molecule has 3 nitrogen and oxygen atoms in total. The Morgan fingerprint density at radius 2 is 2.12 bits per heavy atom. The Bertz CT molecular complexity index is 431. The van der Waals surface area contributed by atoms with Crippen molar-refractivity contribution in [3.05, 3.63) is 29.8 Å². The molecule has 4 heteroatoms. The van der Waals surface area contributed by atoms with Crippen molar-refractivity contribution in [1.29, 1.82) is 0 Å². The summed E-state index contributed by atoms with van der Waals surface area (Å²) in [6.07, 6.45) is 1.84. The lowest BCUT2D eigenvalue weighted by Crippen LogP contribution is -2.29. The predicted molar refractivity (Wildman–Crippen MR) is 68.5 cm³/mol. The molecule has 0 spiro atoms. The lowest BCUT2D eigenvalue weighted by molar-refractivity contribution is -0.118. The Labute approximate surface area is 100 Å². The van der Waals surface area contributed by atoms with Gasteiger partial charge in [0.25, 0.3) is 0 Å². The molecule has 0 fully saturated rings. The maximum absolute atomic E-state index is 11.9. The normalized spacial score (nSPS) is 13.6. The van der Waals surface area contributed by atoms with Crippen LogP contribution in [-0.2, 0) is 11.2 Å². The Hall–Kier alpha value is -1.42. The molecule has 0 unspecified atom stereocenters. The van der Waals surface area contributed by atoms with E-state index in [1.165, 1.54) is 5.56 Å². The van der Waals surface area contributed by atoms with Crippen molar-refractivity contribution in [3.63, 3.8) is 0 Å². The fraction of sp³-hybridized carbons (Fsp3) is 0.333. The van der Waals surface area contributed by atoms with Crippen LogP contribution in [0.1, 0.15) is 18.4 Å². The van der Waals surface area contributed by atoms with E-state index in [-0.39, 0.29) is 5.91 Å². The number of hydrogen-bond donors (Lipinski definition) is 1. The average molecular weight is 234 g/mol. The number of hydrogen-bond acceptors (Lipinski definition) is 2. The monoisotopic (exact) mass is 234 g/mol. The summed E-state index contributed by atoms with van der Waals surface area (Å²) in [5.41, 5.74) is 7.67. The topological polar surface area (TPSA) is 46.3 Å². The lowest BCUT2D eigenvalue weighted by atomic mass is 10.2. The van der Waals surface area contributed by atoms with Gasteiger partial charge in [-0.25, -0.2) is 0 Å². The SMILES string of the molecule is NC(=S)CCC(=O)N1CCc2ccccc21. The van der Waals surface area contributed by atoms with E-state index < -0.39 is 0 Å². The molecule has 2 rings (SSSR count). The highest BCUT2D eigenvalue weighted by molar-refractivity contribution is 7.80. The highest BCUT2D eigenvalue weighted by Gasteiger charge is 2.23. The fourth-order valence-corrected chi connectivity index (χ4v) is 2.06. The first-order chi connectivity index (χ1) is 7.68. The smallest absolute Gasteiger partial charge is 0.227 e. The molecule has 1 amide bonds. The van der Waals surface area contributed by atoms with Crippen molar-refractivity contribution in [2.75, 3.05) is 11.4 Å². The molecule has 1 aromatic rings. The van der Waals surface area contributed by atoms with Gasteiger partial charge in [-0.3, -0.25) is 4.79 Å². The molecule has 1 aliphatic heterocycles. The summed E-state index contributed by atoms with van der Waals surface area (Å²) in [6, 6.07) is 8.01. The van der Waals surface area contributed by atoms with Gasteiger partial charge in [-0.2, -0.15) is 0 Å². The van der Waals surface area contributed by atoms with Crippen molar-refractivity contribution in [2.45, 2.75) is 19.3 Å². The highest BCUT2D eigenvalue weighted by atomic mass is 32.1. The first-order valence-electron chi connectivity index (χ1n) is 5.35. The number of nitrogens with two attached hydrogens (primary N) is 1. The molecule has 1 aromatic carbocycles. The number of rotatable bonds is 3. The molecule has 16 heavy (non-hydrogen) atoms. The molecule has 2 N–H and O–H groups in total. The van der Waals surface area contributed by atoms with Gasteiger partial charge in [0.2, 0.25) is 5.91 Å². The Kier molecular flexibility index (Phi) is 3.19. The van der Waals surface area contributed by atoms with Gasteiger partial charge in [-0.05, 0) is 18.1 Å². The molecule has 0 saturated carbocycles. The minimum absolute atomic E-state index is 0.109. The van der Waals surface area contributed by atoms with Gasteiger partial charge in [0, 0.05) is 25.1 Å². The first kappa shape index (κ1) is 11.1. The number of para-hydroxylation sites is 1.